The van der Waals surface area contributed by atoms with E-state index >= 15 is 0 Å². The number of hydrogen-bond donors (Lipinski definition) is 1. The molecule has 1 aromatic rings. The van der Waals surface area contributed by atoms with Crippen molar-refractivity contribution < 1.29 is 19.0 Å². The molecule has 2 fully saturated rings. The first kappa shape index (κ1) is 18.2. The van der Waals surface area contributed by atoms with Gasteiger partial charge in [0.05, 0.1) is 33.4 Å². The van der Waals surface area contributed by atoms with Crippen LogP contribution in [0.25, 0.3) is 0 Å². The number of rotatable bonds is 7. The predicted molar refractivity (Wildman–Crippen MR) is 94.8 cm³/mol. The highest BCUT2D eigenvalue weighted by Gasteiger charge is 2.31. The Hall–Kier alpha value is -1.63. The Morgan fingerprint density at radius 2 is 2.16 bits per heavy atom. The number of ether oxygens (including phenoxy) is 3. The van der Waals surface area contributed by atoms with Crippen LogP contribution < -0.4 is 10.1 Å². The normalized spacial score (nSPS) is 22.5. The summed E-state index contributed by atoms with van der Waals surface area (Å²) in [6, 6.07) is 7.97. The Morgan fingerprint density at radius 1 is 1.32 bits per heavy atom. The molecular weight excluding hydrogens is 320 g/mol. The number of carbonyl (C=O) groups excluding carboxylic acids is 1. The summed E-state index contributed by atoms with van der Waals surface area (Å²) in [6.07, 6.45) is 1.43. The first-order valence-electron chi connectivity index (χ1n) is 9.05. The van der Waals surface area contributed by atoms with Crippen molar-refractivity contribution in [2.45, 2.75) is 18.9 Å². The second-order valence-electron chi connectivity index (χ2n) is 6.67. The molecule has 3 rings (SSSR count). The number of hydrogen-bond acceptors (Lipinski definition) is 5. The van der Waals surface area contributed by atoms with Gasteiger partial charge in [-0.3, -0.25) is 9.69 Å². The van der Waals surface area contributed by atoms with Gasteiger partial charge in [0, 0.05) is 38.2 Å². The minimum absolute atomic E-state index is 0.0467. The van der Waals surface area contributed by atoms with Crippen molar-refractivity contribution in [2.75, 3.05) is 53.2 Å². The first-order valence-corrected chi connectivity index (χ1v) is 9.05. The van der Waals surface area contributed by atoms with Gasteiger partial charge in [0.25, 0.3) is 0 Å². The number of amides is 1. The maximum Gasteiger partial charge on any atom is 0.224 e. The van der Waals surface area contributed by atoms with Gasteiger partial charge in [-0.25, -0.2) is 0 Å². The molecule has 1 amide bonds. The van der Waals surface area contributed by atoms with E-state index in [4.69, 9.17) is 14.2 Å². The first-order chi connectivity index (χ1) is 12.3. The summed E-state index contributed by atoms with van der Waals surface area (Å²) < 4.78 is 16.3. The second kappa shape index (κ2) is 9.17. The van der Waals surface area contributed by atoms with Crippen molar-refractivity contribution in [1.82, 2.24) is 10.2 Å². The molecule has 138 valence electrons. The molecule has 1 N–H and O–H groups in total. The summed E-state index contributed by atoms with van der Waals surface area (Å²) in [5, 5.41) is 3.13. The van der Waals surface area contributed by atoms with E-state index in [1.165, 1.54) is 0 Å². The number of nitrogens with one attached hydrogen (secondary N) is 1. The molecule has 2 heterocycles. The minimum atomic E-state index is 0.0467. The zero-order valence-corrected chi connectivity index (χ0v) is 14.9. The van der Waals surface area contributed by atoms with Crippen LogP contribution in [0, 0.1) is 5.92 Å². The van der Waals surface area contributed by atoms with Gasteiger partial charge in [-0.2, -0.15) is 0 Å². The fourth-order valence-corrected chi connectivity index (χ4v) is 3.61. The Balaban J connectivity index is 1.54. The van der Waals surface area contributed by atoms with Crippen molar-refractivity contribution in [2.24, 2.45) is 5.92 Å². The van der Waals surface area contributed by atoms with Crippen LogP contribution in [0.2, 0.25) is 0 Å². The smallest absolute Gasteiger partial charge is 0.224 e. The van der Waals surface area contributed by atoms with Crippen molar-refractivity contribution in [1.29, 1.82) is 0 Å². The van der Waals surface area contributed by atoms with Crippen molar-refractivity contribution in [3.63, 3.8) is 0 Å². The topological polar surface area (TPSA) is 60.0 Å². The van der Waals surface area contributed by atoms with Gasteiger partial charge in [-0.05, 0) is 24.1 Å². The molecule has 2 saturated heterocycles. The lowest BCUT2D eigenvalue weighted by molar-refractivity contribution is -0.120. The zero-order chi connectivity index (χ0) is 17.5. The van der Waals surface area contributed by atoms with Crippen LogP contribution in [-0.2, 0) is 20.7 Å². The van der Waals surface area contributed by atoms with Gasteiger partial charge in [0.2, 0.25) is 5.91 Å². The monoisotopic (exact) mass is 348 g/mol. The molecule has 2 aliphatic heterocycles. The van der Waals surface area contributed by atoms with Crippen LogP contribution in [0.3, 0.4) is 0 Å². The van der Waals surface area contributed by atoms with Crippen LogP contribution in [0.4, 0.5) is 0 Å². The van der Waals surface area contributed by atoms with Gasteiger partial charge in [0.15, 0.2) is 0 Å². The van der Waals surface area contributed by atoms with Crippen molar-refractivity contribution in [3.05, 3.63) is 29.8 Å². The highest BCUT2D eigenvalue weighted by molar-refractivity contribution is 5.78. The third kappa shape index (κ3) is 5.17. The molecule has 0 unspecified atom stereocenters. The van der Waals surface area contributed by atoms with E-state index in [9.17, 15) is 4.79 Å². The highest BCUT2D eigenvalue weighted by Crippen LogP contribution is 2.22. The van der Waals surface area contributed by atoms with Gasteiger partial charge in [-0.15, -0.1) is 0 Å². The lowest BCUT2D eigenvalue weighted by Gasteiger charge is -2.37. The van der Waals surface area contributed by atoms with E-state index in [-0.39, 0.29) is 5.91 Å². The quantitative estimate of drug-likeness (QED) is 0.799. The van der Waals surface area contributed by atoms with Crippen LogP contribution >= 0.6 is 0 Å². The molecule has 0 saturated carbocycles. The lowest BCUT2D eigenvalue weighted by Crippen LogP contribution is -2.52. The number of methoxy groups -OCH3 is 1. The summed E-state index contributed by atoms with van der Waals surface area (Å²) in [5.74, 6) is 1.31. The van der Waals surface area contributed by atoms with E-state index in [0.717, 1.165) is 57.3 Å². The highest BCUT2D eigenvalue weighted by atomic mass is 16.5. The van der Waals surface area contributed by atoms with E-state index in [0.29, 0.717) is 24.9 Å². The van der Waals surface area contributed by atoms with Gasteiger partial charge >= 0.3 is 0 Å². The van der Waals surface area contributed by atoms with Crippen LogP contribution in [-0.4, -0.2) is 70.0 Å². The second-order valence-corrected chi connectivity index (χ2v) is 6.67. The van der Waals surface area contributed by atoms with Crippen LogP contribution in [0.5, 0.6) is 5.75 Å². The average molecular weight is 348 g/mol. The Bertz CT molecular complexity index is 554. The summed E-state index contributed by atoms with van der Waals surface area (Å²) in [4.78, 5) is 14.8. The van der Waals surface area contributed by atoms with Gasteiger partial charge < -0.3 is 19.5 Å². The maximum absolute atomic E-state index is 12.4. The Labute approximate surface area is 149 Å². The molecule has 0 aliphatic carbocycles. The number of morpholine rings is 1. The summed E-state index contributed by atoms with van der Waals surface area (Å²) in [6.45, 7) is 5.65. The fraction of sp³-hybridized carbons (Fsp3) is 0.632. The van der Waals surface area contributed by atoms with E-state index in [2.05, 4.69) is 10.2 Å². The average Bonchev–Trinajstić information content (AvgIpc) is 3.17. The van der Waals surface area contributed by atoms with Gasteiger partial charge in [0.1, 0.15) is 5.75 Å². The minimum Gasteiger partial charge on any atom is -0.497 e. The number of nitrogens with zero attached hydrogens (tertiary/aromatic N) is 1. The Kier molecular flexibility index (Phi) is 6.67. The third-order valence-electron chi connectivity index (χ3n) is 5.03. The van der Waals surface area contributed by atoms with Crippen molar-refractivity contribution >= 4 is 5.91 Å². The molecule has 2 atom stereocenters. The molecule has 0 radical (unpaired) electrons. The zero-order valence-electron chi connectivity index (χ0n) is 14.9. The molecule has 1 aromatic carbocycles. The van der Waals surface area contributed by atoms with E-state index < -0.39 is 0 Å². The Morgan fingerprint density at radius 3 is 2.88 bits per heavy atom. The molecule has 0 spiro atoms. The predicted octanol–water partition coefficient (Wildman–Crippen LogP) is 1.09. The van der Waals surface area contributed by atoms with Crippen molar-refractivity contribution in [3.8, 4) is 5.75 Å². The molecule has 0 aromatic heterocycles. The van der Waals surface area contributed by atoms with Crippen LogP contribution in [0.15, 0.2) is 24.3 Å². The molecule has 6 nitrogen and oxygen atoms in total. The van der Waals surface area contributed by atoms with Crippen LogP contribution in [0.1, 0.15) is 12.0 Å². The number of carbonyl (C=O) groups is 1. The summed E-state index contributed by atoms with van der Waals surface area (Å²) >= 11 is 0. The molecule has 0 bridgehead atoms. The molecule has 25 heavy (non-hydrogen) atoms. The summed E-state index contributed by atoms with van der Waals surface area (Å²) in [5.41, 5.74) is 0.962. The maximum atomic E-state index is 12.4. The summed E-state index contributed by atoms with van der Waals surface area (Å²) in [7, 11) is 1.63. The third-order valence-corrected chi connectivity index (χ3v) is 5.03. The van der Waals surface area contributed by atoms with E-state index in [1.54, 1.807) is 7.11 Å². The standard InChI is InChI=1S/C19H28N2O4/c1-23-17-4-2-3-15(11-17)12-19(22)20-13-18(16-5-8-25-14-16)21-6-9-24-10-7-21/h2-4,11,16,18H,5-10,12-14H2,1H3,(H,20,22)/t16-,18+/m0/s1. The lowest BCUT2D eigenvalue weighted by atomic mass is 9.96. The molecular formula is C19H28N2O4. The molecule has 2 aliphatic rings. The fourth-order valence-electron chi connectivity index (χ4n) is 3.61. The number of benzene rings is 1. The SMILES string of the molecule is COc1cccc(CC(=O)NC[C@H]([C@H]2CCOC2)N2CCOCC2)c1. The van der Waals surface area contributed by atoms with E-state index in [1.807, 2.05) is 24.3 Å². The van der Waals surface area contributed by atoms with Gasteiger partial charge in [-0.1, -0.05) is 12.1 Å². The molecule has 6 heteroatoms. The largest absolute Gasteiger partial charge is 0.497 e.